The normalized spacial score (nSPS) is 12.6. The standard InChI is InChI=1S/C7H16N2OS/c1-6(3-4-8)11-5-7(10)9-2/h6H,3-5,8H2,1-2H3,(H,9,10). The highest BCUT2D eigenvalue weighted by atomic mass is 32.2. The molecule has 0 aliphatic carbocycles. The van der Waals surface area contributed by atoms with Crippen LogP contribution in [0, 0.1) is 0 Å². The molecular weight excluding hydrogens is 160 g/mol. The predicted octanol–water partition coefficient (Wildman–Crippen LogP) is 0.203. The van der Waals surface area contributed by atoms with Crippen LogP contribution in [-0.4, -0.2) is 30.5 Å². The molecule has 0 aromatic carbocycles. The maximum Gasteiger partial charge on any atom is 0.229 e. The molecule has 66 valence electrons. The van der Waals surface area contributed by atoms with E-state index < -0.39 is 0 Å². The molecule has 0 spiro atoms. The molecule has 1 amide bonds. The summed E-state index contributed by atoms with van der Waals surface area (Å²) in [4.78, 5) is 10.8. The first kappa shape index (κ1) is 10.8. The Morgan fingerprint density at radius 1 is 1.73 bits per heavy atom. The Labute approximate surface area is 72.1 Å². The summed E-state index contributed by atoms with van der Waals surface area (Å²) in [5.41, 5.74) is 5.35. The highest BCUT2D eigenvalue weighted by Gasteiger charge is 2.03. The van der Waals surface area contributed by atoms with E-state index in [1.807, 2.05) is 0 Å². The van der Waals surface area contributed by atoms with E-state index in [0.717, 1.165) is 6.42 Å². The lowest BCUT2D eigenvalue weighted by Gasteiger charge is -2.07. The van der Waals surface area contributed by atoms with Gasteiger partial charge in [-0.25, -0.2) is 0 Å². The van der Waals surface area contributed by atoms with E-state index in [-0.39, 0.29) is 5.91 Å². The molecule has 0 radical (unpaired) electrons. The zero-order valence-electron chi connectivity index (χ0n) is 7.09. The van der Waals surface area contributed by atoms with E-state index in [2.05, 4.69) is 12.2 Å². The van der Waals surface area contributed by atoms with Gasteiger partial charge in [0.2, 0.25) is 5.91 Å². The number of amides is 1. The largest absolute Gasteiger partial charge is 0.358 e. The van der Waals surface area contributed by atoms with Gasteiger partial charge in [-0.05, 0) is 13.0 Å². The summed E-state index contributed by atoms with van der Waals surface area (Å²) in [5.74, 6) is 0.622. The van der Waals surface area contributed by atoms with Crippen LogP contribution in [-0.2, 0) is 4.79 Å². The van der Waals surface area contributed by atoms with Gasteiger partial charge in [-0.2, -0.15) is 0 Å². The van der Waals surface area contributed by atoms with Crippen molar-refractivity contribution in [1.29, 1.82) is 0 Å². The quantitative estimate of drug-likeness (QED) is 0.629. The highest BCUT2D eigenvalue weighted by molar-refractivity contribution is 8.00. The number of nitrogens with one attached hydrogen (secondary N) is 1. The van der Waals surface area contributed by atoms with Crippen LogP contribution in [0.1, 0.15) is 13.3 Å². The van der Waals surface area contributed by atoms with Gasteiger partial charge in [0.25, 0.3) is 0 Å². The highest BCUT2D eigenvalue weighted by Crippen LogP contribution is 2.11. The lowest BCUT2D eigenvalue weighted by atomic mass is 10.3. The van der Waals surface area contributed by atoms with E-state index in [1.165, 1.54) is 0 Å². The lowest BCUT2D eigenvalue weighted by molar-refractivity contribution is -0.118. The number of carbonyl (C=O) groups is 1. The fourth-order valence-corrected chi connectivity index (χ4v) is 1.49. The third-order valence-electron chi connectivity index (χ3n) is 1.35. The minimum Gasteiger partial charge on any atom is -0.358 e. The predicted molar refractivity (Wildman–Crippen MR) is 49.7 cm³/mol. The van der Waals surface area contributed by atoms with Crippen molar-refractivity contribution in [2.75, 3.05) is 19.3 Å². The van der Waals surface area contributed by atoms with Crippen molar-refractivity contribution in [3.8, 4) is 0 Å². The molecule has 0 saturated heterocycles. The molecule has 3 nitrogen and oxygen atoms in total. The van der Waals surface area contributed by atoms with Gasteiger partial charge < -0.3 is 11.1 Å². The van der Waals surface area contributed by atoms with E-state index >= 15 is 0 Å². The SMILES string of the molecule is CNC(=O)CSC(C)CCN. The molecule has 0 aromatic rings. The molecule has 0 aliphatic heterocycles. The second kappa shape index (κ2) is 6.49. The molecule has 0 heterocycles. The maximum atomic E-state index is 10.8. The molecule has 11 heavy (non-hydrogen) atoms. The molecule has 0 aromatic heterocycles. The van der Waals surface area contributed by atoms with Gasteiger partial charge in [-0.1, -0.05) is 6.92 Å². The van der Waals surface area contributed by atoms with Crippen LogP contribution in [0.5, 0.6) is 0 Å². The zero-order valence-corrected chi connectivity index (χ0v) is 7.91. The number of rotatable bonds is 5. The summed E-state index contributed by atoms with van der Waals surface area (Å²) in [7, 11) is 1.65. The molecule has 0 aliphatic rings. The Bertz CT molecular complexity index is 119. The van der Waals surface area contributed by atoms with Crippen molar-refractivity contribution in [2.45, 2.75) is 18.6 Å². The molecule has 0 saturated carbocycles. The van der Waals surface area contributed by atoms with Crippen LogP contribution in [0.25, 0.3) is 0 Å². The minimum absolute atomic E-state index is 0.0823. The average Bonchev–Trinajstić information content (AvgIpc) is 2.01. The summed E-state index contributed by atoms with van der Waals surface area (Å²) in [6.07, 6.45) is 0.974. The Kier molecular flexibility index (Phi) is 6.36. The fourth-order valence-electron chi connectivity index (χ4n) is 0.608. The van der Waals surface area contributed by atoms with Gasteiger partial charge in [-0.3, -0.25) is 4.79 Å². The summed E-state index contributed by atoms with van der Waals surface area (Å²) in [6.45, 7) is 2.78. The van der Waals surface area contributed by atoms with Crippen molar-refractivity contribution in [2.24, 2.45) is 5.73 Å². The molecule has 0 rings (SSSR count). The molecule has 3 N–H and O–H groups in total. The second-order valence-electron chi connectivity index (χ2n) is 2.37. The van der Waals surface area contributed by atoms with E-state index in [1.54, 1.807) is 18.8 Å². The van der Waals surface area contributed by atoms with Crippen molar-refractivity contribution in [1.82, 2.24) is 5.32 Å². The number of thioether (sulfide) groups is 1. The summed E-state index contributed by atoms with van der Waals surface area (Å²) < 4.78 is 0. The molecule has 0 bridgehead atoms. The molecular formula is C7H16N2OS. The Hall–Kier alpha value is -0.220. The summed E-state index contributed by atoms with van der Waals surface area (Å²) in [5, 5.41) is 3.06. The number of hydrogen-bond donors (Lipinski definition) is 2. The minimum atomic E-state index is 0.0823. The van der Waals surface area contributed by atoms with Gasteiger partial charge in [0.15, 0.2) is 0 Å². The first-order valence-corrected chi connectivity index (χ1v) is 4.77. The Balaban J connectivity index is 3.29. The molecule has 4 heteroatoms. The van der Waals surface area contributed by atoms with Crippen LogP contribution in [0.2, 0.25) is 0 Å². The van der Waals surface area contributed by atoms with Crippen molar-refractivity contribution in [3.05, 3.63) is 0 Å². The monoisotopic (exact) mass is 176 g/mol. The van der Waals surface area contributed by atoms with Crippen LogP contribution in [0.15, 0.2) is 0 Å². The maximum absolute atomic E-state index is 10.8. The molecule has 0 fully saturated rings. The first-order chi connectivity index (χ1) is 5.20. The van der Waals surface area contributed by atoms with Crippen LogP contribution < -0.4 is 11.1 Å². The third kappa shape index (κ3) is 6.19. The van der Waals surface area contributed by atoms with Gasteiger partial charge >= 0.3 is 0 Å². The van der Waals surface area contributed by atoms with Crippen molar-refractivity contribution < 1.29 is 4.79 Å². The Morgan fingerprint density at radius 3 is 2.82 bits per heavy atom. The smallest absolute Gasteiger partial charge is 0.229 e. The molecule has 1 atom stereocenters. The fraction of sp³-hybridized carbons (Fsp3) is 0.857. The van der Waals surface area contributed by atoms with Gasteiger partial charge in [-0.15, -0.1) is 11.8 Å². The number of nitrogens with two attached hydrogens (primary N) is 1. The van der Waals surface area contributed by atoms with Crippen molar-refractivity contribution in [3.63, 3.8) is 0 Å². The van der Waals surface area contributed by atoms with E-state index in [0.29, 0.717) is 17.5 Å². The second-order valence-corrected chi connectivity index (χ2v) is 3.80. The van der Waals surface area contributed by atoms with Crippen molar-refractivity contribution >= 4 is 17.7 Å². The topological polar surface area (TPSA) is 55.1 Å². The summed E-state index contributed by atoms with van der Waals surface area (Å²) in [6, 6.07) is 0. The van der Waals surface area contributed by atoms with Crippen LogP contribution in [0.3, 0.4) is 0 Å². The average molecular weight is 176 g/mol. The van der Waals surface area contributed by atoms with Gasteiger partial charge in [0, 0.05) is 12.3 Å². The first-order valence-electron chi connectivity index (χ1n) is 3.73. The van der Waals surface area contributed by atoms with Crippen LogP contribution in [0.4, 0.5) is 0 Å². The molecule has 1 unspecified atom stereocenters. The zero-order chi connectivity index (χ0) is 8.69. The lowest BCUT2D eigenvalue weighted by Crippen LogP contribution is -2.21. The van der Waals surface area contributed by atoms with E-state index in [4.69, 9.17) is 5.73 Å². The number of carbonyl (C=O) groups excluding carboxylic acids is 1. The summed E-state index contributed by atoms with van der Waals surface area (Å²) >= 11 is 1.64. The van der Waals surface area contributed by atoms with Crippen LogP contribution >= 0.6 is 11.8 Å². The van der Waals surface area contributed by atoms with E-state index in [9.17, 15) is 4.79 Å². The Morgan fingerprint density at radius 2 is 2.36 bits per heavy atom. The third-order valence-corrected chi connectivity index (χ3v) is 2.58. The van der Waals surface area contributed by atoms with Gasteiger partial charge in [0.05, 0.1) is 5.75 Å². The van der Waals surface area contributed by atoms with Gasteiger partial charge in [0.1, 0.15) is 0 Å². The number of hydrogen-bond acceptors (Lipinski definition) is 3.